The van der Waals surface area contributed by atoms with E-state index in [1.165, 1.54) is 141 Å². The van der Waals surface area contributed by atoms with E-state index in [-0.39, 0.29) is 24.9 Å². The number of hydrogen-bond acceptors (Lipinski definition) is 5. The van der Waals surface area contributed by atoms with E-state index in [0.717, 1.165) is 77.0 Å². The van der Waals surface area contributed by atoms with E-state index in [2.05, 4.69) is 50.4 Å². The summed E-state index contributed by atoms with van der Waals surface area (Å²) in [6.45, 7) is 6.42. The molecular weight excluding hydrogens is 707 g/mol. The zero-order valence-electron chi connectivity index (χ0n) is 38.2. The third-order valence-electron chi connectivity index (χ3n) is 11.5. The fourth-order valence-corrected chi connectivity index (χ4v) is 7.66. The van der Waals surface area contributed by atoms with Crippen molar-refractivity contribution in [2.24, 2.45) is 0 Å². The third-order valence-corrected chi connectivity index (χ3v) is 11.5. The Hall–Kier alpha value is -1.66. The second-order valence-electron chi connectivity index (χ2n) is 17.2. The Morgan fingerprint density at radius 2 is 0.877 bits per heavy atom. The van der Waals surface area contributed by atoms with Gasteiger partial charge in [0.2, 0.25) is 5.91 Å². The van der Waals surface area contributed by atoms with Crippen molar-refractivity contribution >= 4 is 11.9 Å². The van der Waals surface area contributed by atoms with E-state index >= 15 is 0 Å². The van der Waals surface area contributed by atoms with Gasteiger partial charge in [0.05, 0.1) is 25.2 Å². The van der Waals surface area contributed by atoms with Gasteiger partial charge in [-0.15, -0.1) is 0 Å². The maximum atomic E-state index is 13.2. The van der Waals surface area contributed by atoms with Gasteiger partial charge < -0.3 is 20.3 Å². The number of carbonyl (C=O) groups excluding carboxylic acids is 2. The van der Waals surface area contributed by atoms with Gasteiger partial charge in [0, 0.05) is 6.42 Å². The molecule has 0 bridgehead atoms. The first-order valence-corrected chi connectivity index (χ1v) is 25.1. The van der Waals surface area contributed by atoms with Gasteiger partial charge in [-0.1, -0.05) is 206 Å². The average molecular weight is 804 g/mol. The molecule has 0 rings (SSSR count). The fourth-order valence-electron chi connectivity index (χ4n) is 7.66. The van der Waals surface area contributed by atoms with Crippen LogP contribution in [0, 0.1) is 0 Å². The van der Waals surface area contributed by atoms with Crippen LogP contribution >= 0.6 is 0 Å². The predicted molar refractivity (Wildman–Crippen MR) is 246 cm³/mol. The summed E-state index contributed by atoms with van der Waals surface area (Å²) in [6.07, 6.45) is 51.0. The molecule has 1 amide bonds. The van der Waals surface area contributed by atoms with Crippen molar-refractivity contribution in [1.82, 2.24) is 5.32 Å². The van der Waals surface area contributed by atoms with Crippen molar-refractivity contribution in [3.05, 3.63) is 24.3 Å². The number of amides is 1. The summed E-state index contributed by atoms with van der Waals surface area (Å²) in [4.78, 5) is 26.0. The molecule has 0 heterocycles. The van der Waals surface area contributed by atoms with E-state index < -0.39 is 18.2 Å². The molecule has 3 N–H and O–H groups in total. The number of nitrogens with one attached hydrogen (secondary N) is 1. The van der Waals surface area contributed by atoms with Gasteiger partial charge >= 0.3 is 5.97 Å². The van der Waals surface area contributed by atoms with Crippen molar-refractivity contribution in [3.8, 4) is 0 Å². The van der Waals surface area contributed by atoms with Crippen LogP contribution < -0.4 is 5.32 Å². The van der Waals surface area contributed by atoms with Gasteiger partial charge in [-0.2, -0.15) is 0 Å². The highest BCUT2D eigenvalue weighted by molar-refractivity contribution is 5.77. The summed E-state index contributed by atoms with van der Waals surface area (Å²) in [7, 11) is 0. The zero-order valence-corrected chi connectivity index (χ0v) is 38.2. The Bertz CT molecular complexity index is 904. The lowest BCUT2D eigenvalue weighted by molar-refractivity contribution is -0.151. The highest BCUT2D eigenvalue weighted by Gasteiger charge is 2.24. The van der Waals surface area contributed by atoms with E-state index in [1.807, 2.05) is 0 Å². The molecule has 0 aromatic carbocycles. The molecule has 0 saturated heterocycles. The first-order chi connectivity index (χ1) is 28.0. The van der Waals surface area contributed by atoms with Gasteiger partial charge in [0.15, 0.2) is 0 Å². The van der Waals surface area contributed by atoms with E-state index in [4.69, 9.17) is 4.74 Å². The number of hydrogen-bond donors (Lipinski definition) is 3. The Labute approximate surface area is 354 Å². The zero-order chi connectivity index (χ0) is 41.7. The maximum absolute atomic E-state index is 13.2. The Morgan fingerprint density at radius 3 is 1.33 bits per heavy atom. The van der Waals surface area contributed by atoms with E-state index in [9.17, 15) is 19.8 Å². The molecule has 0 aliphatic rings. The first-order valence-electron chi connectivity index (χ1n) is 25.1. The van der Waals surface area contributed by atoms with E-state index in [0.29, 0.717) is 19.3 Å². The number of allylic oxidation sites excluding steroid dienone is 4. The highest BCUT2D eigenvalue weighted by atomic mass is 16.5. The minimum absolute atomic E-state index is 0.0672. The fraction of sp³-hybridized carbons (Fsp3) is 0.882. The SMILES string of the molecule is CCC/C=C\CCCCCCCC(=O)OC(CCCCC/C=C/CCCCCCCCCCC)CC(=O)NC(CO)C(O)CCCCCCCCCCCCCC. The number of aliphatic hydroxyl groups excluding tert-OH is 2. The van der Waals surface area contributed by atoms with Gasteiger partial charge in [-0.05, 0) is 70.6 Å². The summed E-state index contributed by atoms with van der Waals surface area (Å²) in [6, 6.07) is -0.703. The van der Waals surface area contributed by atoms with Gasteiger partial charge in [-0.25, -0.2) is 0 Å². The van der Waals surface area contributed by atoms with Crippen molar-refractivity contribution in [3.63, 3.8) is 0 Å². The van der Waals surface area contributed by atoms with Crippen LogP contribution in [0.2, 0.25) is 0 Å². The predicted octanol–water partition coefficient (Wildman–Crippen LogP) is 14.7. The largest absolute Gasteiger partial charge is 0.462 e. The molecule has 3 atom stereocenters. The van der Waals surface area contributed by atoms with Crippen LogP contribution in [-0.2, 0) is 14.3 Å². The molecule has 3 unspecified atom stereocenters. The first kappa shape index (κ1) is 55.3. The molecule has 0 fully saturated rings. The van der Waals surface area contributed by atoms with Crippen LogP contribution in [0.3, 0.4) is 0 Å². The average Bonchev–Trinajstić information content (AvgIpc) is 3.20. The Balaban J connectivity index is 4.57. The quantitative estimate of drug-likeness (QED) is 0.0324. The standard InChI is InChI=1S/C51H97NO5/c1-4-7-10-13-16-19-22-24-25-26-27-28-30-33-36-39-42-47(57-51(56)44-41-38-35-32-21-18-15-12-9-6-3)45-50(55)52-48(46-53)49(54)43-40-37-34-31-29-23-20-17-14-11-8-5-2/h12,15,27-28,47-49,53-54H,4-11,13-14,16-26,29-46H2,1-3H3,(H,52,55)/b15-12-,28-27+. The van der Waals surface area contributed by atoms with Crippen LogP contribution in [0.1, 0.15) is 265 Å². The van der Waals surface area contributed by atoms with Crippen LogP contribution in [0.5, 0.6) is 0 Å². The Morgan fingerprint density at radius 1 is 0.491 bits per heavy atom. The minimum Gasteiger partial charge on any atom is -0.462 e. The monoisotopic (exact) mass is 804 g/mol. The topological polar surface area (TPSA) is 95.9 Å². The smallest absolute Gasteiger partial charge is 0.306 e. The van der Waals surface area contributed by atoms with E-state index in [1.54, 1.807) is 0 Å². The molecule has 0 aromatic heterocycles. The molecule has 0 aromatic rings. The Kier molecular flexibility index (Phi) is 44.1. The molecule has 0 saturated carbocycles. The number of ether oxygens (including phenoxy) is 1. The normalized spacial score (nSPS) is 13.4. The molecule has 336 valence electrons. The summed E-state index contributed by atoms with van der Waals surface area (Å²) in [5.74, 6) is -0.492. The highest BCUT2D eigenvalue weighted by Crippen LogP contribution is 2.17. The van der Waals surface area contributed by atoms with Crippen LogP contribution in [-0.4, -0.2) is 46.9 Å². The van der Waals surface area contributed by atoms with Crippen LogP contribution in [0.4, 0.5) is 0 Å². The number of aliphatic hydroxyl groups is 2. The lowest BCUT2D eigenvalue weighted by Crippen LogP contribution is -2.46. The maximum Gasteiger partial charge on any atom is 0.306 e. The minimum atomic E-state index is -0.788. The lowest BCUT2D eigenvalue weighted by Gasteiger charge is -2.24. The van der Waals surface area contributed by atoms with Crippen molar-refractivity contribution in [1.29, 1.82) is 0 Å². The van der Waals surface area contributed by atoms with Crippen molar-refractivity contribution < 1.29 is 24.5 Å². The van der Waals surface area contributed by atoms with Crippen LogP contribution in [0.15, 0.2) is 24.3 Å². The van der Waals surface area contributed by atoms with Crippen molar-refractivity contribution in [2.75, 3.05) is 6.61 Å². The van der Waals surface area contributed by atoms with Gasteiger partial charge in [0.25, 0.3) is 0 Å². The molecule has 6 heteroatoms. The second-order valence-corrected chi connectivity index (χ2v) is 17.2. The van der Waals surface area contributed by atoms with Crippen LogP contribution in [0.25, 0.3) is 0 Å². The summed E-state index contributed by atoms with van der Waals surface area (Å²) in [5, 5.41) is 23.7. The van der Waals surface area contributed by atoms with Gasteiger partial charge in [0.1, 0.15) is 6.10 Å². The van der Waals surface area contributed by atoms with Crippen molar-refractivity contribution in [2.45, 2.75) is 283 Å². The molecule has 6 nitrogen and oxygen atoms in total. The van der Waals surface area contributed by atoms with Gasteiger partial charge in [-0.3, -0.25) is 9.59 Å². The second kappa shape index (κ2) is 45.4. The summed E-state index contributed by atoms with van der Waals surface area (Å²) < 4.78 is 5.90. The molecule has 0 spiro atoms. The molecule has 0 aliphatic heterocycles. The number of carbonyl (C=O) groups is 2. The molecule has 57 heavy (non-hydrogen) atoms. The lowest BCUT2D eigenvalue weighted by atomic mass is 10.0. The molecule has 0 radical (unpaired) electrons. The number of unbranched alkanes of at least 4 members (excludes halogenated alkanes) is 29. The summed E-state index contributed by atoms with van der Waals surface area (Å²) >= 11 is 0. The summed E-state index contributed by atoms with van der Waals surface area (Å²) in [5.41, 5.74) is 0. The molecule has 0 aliphatic carbocycles. The third kappa shape index (κ3) is 40.9. The number of esters is 1. The number of rotatable bonds is 45. The molecular formula is C51H97NO5.